The summed E-state index contributed by atoms with van der Waals surface area (Å²) < 4.78 is 21.7. The third-order valence-corrected chi connectivity index (χ3v) is 4.91. The van der Waals surface area contributed by atoms with Crippen LogP contribution in [-0.2, 0) is 9.53 Å². The van der Waals surface area contributed by atoms with Gasteiger partial charge in [-0.3, -0.25) is 4.79 Å². The Morgan fingerprint density at radius 1 is 1.03 bits per heavy atom. The van der Waals surface area contributed by atoms with Gasteiger partial charge in [0.1, 0.15) is 17.9 Å². The molecule has 1 aromatic heterocycles. The van der Waals surface area contributed by atoms with Crippen molar-refractivity contribution in [3.05, 3.63) is 41.7 Å². The minimum atomic E-state index is -0.224. The highest BCUT2D eigenvalue weighted by Gasteiger charge is 2.13. The minimum absolute atomic E-state index is 0.224. The maximum atomic E-state index is 11.2. The number of methoxy groups -OCH3 is 2. The molecule has 0 bridgehead atoms. The second-order valence-corrected chi connectivity index (χ2v) is 7.26. The van der Waals surface area contributed by atoms with Gasteiger partial charge in [0.15, 0.2) is 11.5 Å². The van der Waals surface area contributed by atoms with Crippen LogP contribution >= 0.6 is 11.6 Å². The SMILES string of the molecule is CCOc1cc2c(Nc3cc(Cl)ccc3OCCCCC(=O)OC)ncnc2cc1OC. The molecular weight excluding hydrogens is 434 g/mol. The van der Waals surface area contributed by atoms with Crippen LogP contribution in [0.2, 0.25) is 5.02 Å². The Kier molecular flexibility index (Phi) is 8.33. The first kappa shape index (κ1) is 23.4. The number of nitrogens with one attached hydrogen (secondary N) is 1. The summed E-state index contributed by atoms with van der Waals surface area (Å²) in [5, 5.41) is 4.62. The summed E-state index contributed by atoms with van der Waals surface area (Å²) in [6.07, 6.45) is 3.24. The number of anilines is 2. The summed E-state index contributed by atoms with van der Waals surface area (Å²) in [5.41, 5.74) is 1.37. The number of nitrogens with zero attached hydrogens (tertiary/aromatic N) is 2. The van der Waals surface area contributed by atoms with Crippen molar-refractivity contribution >= 4 is 40.0 Å². The number of halogens is 1. The smallest absolute Gasteiger partial charge is 0.305 e. The van der Waals surface area contributed by atoms with Crippen molar-refractivity contribution in [3.8, 4) is 17.2 Å². The molecule has 1 heterocycles. The molecular formula is C23H26ClN3O5. The monoisotopic (exact) mass is 459 g/mol. The summed E-state index contributed by atoms with van der Waals surface area (Å²) >= 11 is 6.23. The number of rotatable bonds is 11. The van der Waals surface area contributed by atoms with Gasteiger partial charge in [-0.1, -0.05) is 11.6 Å². The third kappa shape index (κ3) is 5.91. The highest BCUT2D eigenvalue weighted by molar-refractivity contribution is 6.31. The van der Waals surface area contributed by atoms with Gasteiger partial charge in [-0.15, -0.1) is 0 Å². The predicted octanol–water partition coefficient (Wildman–Crippen LogP) is 5.16. The lowest BCUT2D eigenvalue weighted by Crippen LogP contribution is -2.04. The lowest BCUT2D eigenvalue weighted by atomic mass is 10.2. The molecule has 8 nitrogen and oxygen atoms in total. The summed E-state index contributed by atoms with van der Waals surface area (Å²) in [5.74, 6) is 2.18. The lowest BCUT2D eigenvalue weighted by molar-refractivity contribution is -0.140. The van der Waals surface area contributed by atoms with E-state index in [0.29, 0.717) is 71.8 Å². The van der Waals surface area contributed by atoms with Crippen LogP contribution in [0.1, 0.15) is 26.2 Å². The maximum Gasteiger partial charge on any atom is 0.305 e. The normalized spacial score (nSPS) is 10.6. The van der Waals surface area contributed by atoms with Crippen molar-refractivity contribution in [2.75, 3.05) is 32.8 Å². The largest absolute Gasteiger partial charge is 0.493 e. The van der Waals surface area contributed by atoms with Crippen molar-refractivity contribution in [2.24, 2.45) is 0 Å². The average Bonchev–Trinajstić information content (AvgIpc) is 2.80. The van der Waals surface area contributed by atoms with Crippen molar-refractivity contribution < 1.29 is 23.7 Å². The Morgan fingerprint density at radius 2 is 1.88 bits per heavy atom. The molecule has 0 unspecified atom stereocenters. The molecule has 0 saturated carbocycles. The molecule has 0 aliphatic heterocycles. The topological polar surface area (TPSA) is 91.8 Å². The fourth-order valence-corrected chi connectivity index (χ4v) is 3.27. The van der Waals surface area contributed by atoms with E-state index >= 15 is 0 Å². The van der Waals surface area contributed by atoms with Crippen LogP contribution in [0.5, 0.6) is 17.2 Å². The van der Waals surface area contributed by atoms with Gasteiger partial charge in [0.2, 0.25) is 0 Å². The van der Waals surface area contributed by atoms with Crippen LogP contribution in [0.4, 0.5) is 11.5 Å². The molecule has 0 amide bonds. The Hall–Kier alpha value is -3.26. The molecule has 0 saturated heterocycles. The number of fused-ring (bicyclic) bond motifs is 1. The number of esters is 1. The number of unbranched alkanes of at least 4 members (excludes halogenated alkanes) is 1. The zero-order chi connectivity index (χ0) is 22.9. The summed E-state index contributed by atoms with van der Waals surface area (Å²) in [7, 11) is 2.97. The molecule has 3 rings (SSSR count). The molecule has 1 N–H and O–H groups in total. The molecule has 0 aliphatic carbocycles. The minimum Gasteiger partial charge on any atom is -0.493 e. The molecule has 3 aromatic rings. The van der Waals surface area contributed by atoms with Crippen molar-refractivity contribution in [2.45, 2.75) is 26.2 Å². The van der Waals surface area contributed by atoms with Crippen LogP contribution < -0.4 is 19.5 Å². The fraction of sp³-hybridized carbons (Fsp3) is 0.348. The number of benzene rings is 2. The third-order valence-electron chi connectivity index (χ3n) is 4.68. The number of hydrogen-bond donors (Lipinski definition) is 1. The van der Waals surface area contributed by atoms with E-state index in [4.69, 9.17) is 25.8 Å². The standard InChI is InChI=1S/C23H26ClN3O5/c1-4-31-21-12-16-17(13-20(21)29-2)25-14-26-23(16)27-18-11-15(24)8-9-19(18)32-10-6-5-7-22(28)30-3/h8-9,11-14H,4-7,10H2,1-3H3,(H,25,26,27). The Bertz CT molecular complexity index is 1080. The van der Waals surface area contributed by atoms with Crippen molar-refractivity contribution in [3.63, 3.8) is 0 Å². The molecule has 0 fully saturated rings. The number of carbonyl (C=O) groups is 1. The van der Waals surface area contributed by atoms with Gasteiger partial charge in [0, 0.05) is 22.9 Å². The van der Waals surface area contributed by atoms with Gasteiger partial charge in [-0.2, -0.15) is 0 Å². The molecule has 9 heteroatoms. The van der Waals surface area contributed by atoms with Crippen LogP contribution in [-0.4, -0.2) is 43.4 Å². The summed E-state index contributed by atoms with van der Waals surface area (Å²) in [6, 6.07) is 8.98. The maximum absolute atomic E-state index is 11.2. The average molecular weight is 460 g/mol. The summed E-state index contributed by atoms with van der Waals surface area (Å²) in [4.78, 5) is 20.0. The van der Waals surface area contributed by atoms with E-state index in [2.05, 4.69) is 20.0 Å². The van der Waals surface area contributed by atoms with E-state index in [1.54, 1.807) is 25.3 Å². The van der Waals surface area contributed by atoms with Gasteiger partial charge < -0.3 is 24.3 Å². The van der Waals surface area contributed by atoms with E-state index < -0.39 is 0 Å². The zero-order valence-electron chi connectivity index (χ0n) is 18.3. The van der Waals surface area contributed by atoms with E-state index in [9.17, 15) is 4.79 Å². The number of hydrogen-bond acceptors (Lipinski definition) is 8. The summed E-state index contributed by atoms with van der Waals surface area (Å²) in [6.45, 7) is 2.86. The molecule has 32 heavy (non-hydrogen) atoms. The predicted molar refractivity (Wildman–Crippen MR) is 123 cm³/mol. The van der Waals surface area contributed by atoms with Crippen molar-refractivity contribution in [1.82, 2.24) is 9.97 Å². The van der Waals surface area contributed by atoms with Gasteiger partial charge in [0.05, 0.1) is 38.6 Å². The van der Waals surface area contributed by atoms with E-state index in [1.807, 2.05) is 19.1 Å². The molecule has 0 spiro atoms. The Labute approximate surface area is 191 Å². The van der Waals surface area contributed by atoms with E-state index in [1.165, 1.54) is 13.4 Å². The van der Waals surface area contributed by atoms with E-state index in [-0.39, 0.29) is 5.97 Å². The first-order valence-electron chi connectivity index (χ1n) is 10.3. The molecule has 170 valence electrons. The second kappa shape index (κ2) is 11.4. The van der Waals surface area contributed by atoms with Crippen LogP contribution in [0.25, 0.3) is 10.9 Å². The van der Waals surface area contributed by atoms with Crippen LogP contribution in [0.15, 0.2) is 36.7 Å². The van der Waals surface area contributed by atoms with Gasteiger partial charge in [-0.25, -0.2) is 9.97 Å². The second-order valence-electron chi connectivity index (χ2n) is 6.82. The fourth-order valence-electron chi connectivity index (χ4n) is 3.10. The first-order valence-corrected chi connectivity index (χ1v) is 10.6. The van der Waals surface area contributed by atoms with Crippen LogP contribution in [0, 0.1) is 0 Å². The molecule has 0 atom stereocenters. The van der Waals surface area contributed by atoms with Gasteiger partial charge in [0.25, 0.3) is 0 Å². The molecule has 0 aliphatic rings. The Morgan fingerprint density at radius 3 is 2.62 bits per heavy atom. The first-order chi connectivity index (χ1) is 15.5. The number of aromatic nitrogens is 2. The Balaban J connectivity index is 1.82. The highest BCUT2D eigenvalue weighted by atomic mass is 35.5. The quantitative estimate of drug-likeness (QED) is 0.310. The number of ether oxygens (including phenoxy) is 4. The zero-order valence-corrected chi connectivity index (χ0v) is 19.1. The molecule has 0 radical (unpaired) electrons. The van der Waals surface area contributed by atoms with E-state index in [0.717, 1.165) is 5.39 Å². The van der Waals surface area contributed by atoms with Crippen LogP contribution in [0.3, 0.4) is 0 Å². The highest BCUT2D eigenvalue weighted by Crippen LogP contribution is 2.36. The van der Waals surface area contributed by atoms with Crippen molar-refractivity contribution in [1.29, 1.82) is 0 Å². The molecule has 2 aromatic carbocycles. The lowest BCUT2D eigenvalue weighted by Gasteiger charge is -2.15. The van der Waals surface area contributed by atoms with Gasteiger partial charge >= 0.3 is 5.97 Å². The van der Waals surface area contributed by atoms with Gasteiger partial charge in [-0.05, 0) is 44.0 Å². The number of carbonyl (C=O) groups excluding carboxylic acids is 1.